The molecule has 1 atom stereocenters. The van der Waals surface area contributed by atoms with Gasteiger partial charge in [0.15, 0.2) is 0 Å². The van der Waals surface area contributed by atoms with Crippen LogP contribution < -0.4 is 10.1 Å². The van der Waals surface area contributed by atoms with E-state index in [1.165, 1.54) is 16.7 Å². The third-order valence-electron chi connectivity index (χ3n) is 3.86. The lowest BCUT2D eigenvalue weighted by Gasteiger charge is -2.27. The maximum atomic E-state index is 5.98. The number of aromatic nitrogens is 1. The smallest absolute Gasteiger partial charge is 0.130 e. The summed E-state index contributed by atoms with van der Waals surface area (Å²) >= 11 is 0. The molecule has 1 N–H and O–H groups in total. The van der Waals surface area contributed by atoms with Crippen LogP contribution in [0, 0.1) is 6.92 Å². The second kappa shape index (κ2) is 5.63. The van der Waals surface area contributed by atoms with Crippen LogP contribution in [0.25, 0.3) is 11.1 Å². The number of benzene rings is 1. The number of fused-ring (bicyclic) bond motifs is 1. The van der Waals surface area contributed by atoms with Crippen molar-refractivity contribution < 1.29 is 4.74 Å². The Labute approximate surface area is 120 Å². The molecule has 1 aliphatic heterocycles. The first-order chi connectivity index (χ1) is 9.79. The van der Waals surface area contributed by atoms with Crippen LogP contribution in [0.4, 0.5) is 0 Å². The van der Waals surface area contributed by atoms with Gasteiger partial charge in [-0.05, 0) is 43.7 Å². The number of ether oxygens (including phenoxy) is 1. The zero-order valence-corrected chi connectivity index (χ0v) is 12.0. The zero-order chi connectivity index (χ0) is 13.9. The molecule has 2 aromatic rings. The van der Waals surface area contributed by atoms with Gasteiger partial charge in [0.1, 0.15) is 5.75 Å². The van der Waals surface area contributed by atoms with E-state index < -0.39 is 0 Å². The topological polar surface area (TPSA) is 34.1 Å². The summed E-state index contributed by atoms with van der Waals surface area (Å²) in [4.78, 5) is 4.27. The van der Waals surface area contributed by atoms with E-state index in [2.05, 4.69) is 34.6 Å². The predicted octanol–water partition coefficient (Wildman–Crippen LogP) is 3.14. The molecule has 0 aliphatic carbocycles. The summed E-state index contributed by atoms with van der Waals surface area (Å²) < 4.78 is 5.98. The van der Waals surface area contributed by atoms with Gasteiger partial charge in [-0.2, -0.15) is 0 Å². The lowest BCUT2D eigenvalue weighted by molar-refractivity contribution is 0.267. The molecule has 0 amide bonds. The Bertz CT molecular complexity index is 610. The van der Waals surface area contributed by atoms with Crippen molar-refractivity contribution in [1.29, 1.82) is 0 Å². The molecule has 0 saturated heterocycles. The first-order valence-corrected chi connectivity index (χ1v) is 7.13. The van der Waals surface area contributed by atoms with Crippen molar-refractivity contribution in [2.75, 3.05) is 20.2 Å². The molecule has 0 spiro atoms. The van der Waals surface area contributed by atoms with Gasteiger partial charge in [-0.15, -0.1) is 0 Å². The van der Waals surface area contributed by atoms with Gasteiger partial charge in [0.05, 0.1) is 6.61 Å². The summed E-state index contributed by atoms with van der Waals surface area (Å²) in [5, 5.41) is 3.28. The second-order valence-corrected chi connectivity index (χ2v) is 5.30. The molecule has 3 nitrogen and oxygen atoms in total. The molecule has 3 rings (SSSR count). The maximum absolute atomic E-state index is 5.98. The SMILES string of the molecule is CNC[C@@H]1CCOc2c(-c3ccnc(C)c3)cccc21. The summed E-state index contributed by atoms with van der Waals surface area (Å²) in [7, 11) is 2.01. The van der Waals surface area contributed by atoms with Crippen molar-refractivity contribution in [2.24, 2.45) is 0 Å². The van der Waals surface area contributed by atoms with Crippen LogP contribution in [-0.4, -0.2) is 25.2 Å². The van der Waals surface area contributed by atoms with Crippen LogP contribution in [0.5, 0.6) is 5.75 Å². The molecule has 3 heteroatoms. The Morgan fingerprint density at radius 3 is 3.05 bits per heavy atom. The van der Waals surface area contributed by atoms with Gasteiger partial charge < -0.3 is 10.1 Å². The molecular formula is C17H20N2O. The number of nitrogens with one attached hydrogen (secondary N) is 1. The van der Waals surface area contributed by atoms with Gasteiger partial charge in [-0.3, -0.25) is 4.98 Å². The molecule has 0 unspecified atom stereocenters. The molecule has 20 heavy (non-hydrogen) atoms. The van der Waals surface area contributed by atoms with Crippen LogP contribution in [0.15, 0.2) is 36.5 Å². The van der Waals surface area contributed by atoms with Crippen LogP contribution >= 0.6 is 0 Å². The van der Waals surface area contributed by atoms with Crippen molar-refractivity contribution in [3.63, 3.8) is 0 Å². The highest BCUT2D eigenvalue weighted by Gasteiger charge is 2.23. The van der Waals surface area contributed by atoms with E-state index in [0.717, 1.165) is 31.0 Å². The first-order valence-electron chi connectivity index (χ1n) is 7.13. The minimum Gasteiger partial charge on any atom is -0.493 e. The number of rotatable bonds is 3. The molecule has 2 heterocycles. The highest BCUT2D eigenvalue weighted by Crippen LogP contribution is 2.40. The summed E-state index contributed by atoms with van der Waals surface area (Å²) in [5.74, 6) is 1.58. The highest BCUT2D eigenvalue weighted by atomic mass is 16.5. The van der Waals surface area contributed by atoms with Gasteiger partial charge in [0.2, 0.25) is 0 Å². The van der Waals surface area contributed by atoms with E-state index in [4.69, 9.17) is 4.74 Å². The number of nitrogens with zero attached hydrogens (tertiary/aromatic N) is 1. The second-order valence-electron chi connectivity index (χ2n) is 5.30. The predicted molar refractivity (Wildman–Crippen MR) is 81.2 cm³/mol. The third-order valence-corrected chi connectivity index (χ3v) is 3.86. The third kappa shape index (κ3) is 2.41. The number of pyridine rings is 1. The average molecular weight is 268 g/mol. The van der Waals surface area contributed by atoms with E-state index in [1.807, 2.05) is 26.2 Å². The molecule has 0 bridgehead atoms. The molecular weight excluding hydrogens is 248 g/mol. The molecule has 1 aromatic carbocycles. The Balaban J connectivity index is 2.07. The first kappa shape index (κ1) is 13.1. The summed E-state index contributed by atoms with van der Waals surface area (Å²) in [6.45, 7) is 3.80. The summed E-state index contributed by atoms with van der Waals surface area (Å²) in [6.07, 6.45) is 2.94. The Morgan fingerprint density at radius 1 is 1.35 bits per heavy atom. The van der Waals surface area contributed by atoms with Crippen molar-refractivity contribution in [2.45, 2.75) is 19.3 Å². The fraction of sp³-hybridized carbons (Fsp3) is 0.353. The molecule has 1 aromatic heterocycles. The van der Waals surface area contributed by atoms with E-state index >= 15 is 0 Å². The Morgan fingerprint density at radius 2 is 2.25 bits per heavy atom. The van der Waals surface area contributed by atoms with Crippen molar-refractivity contribution in [1.82, 2.24) is 10.3 Å². The van der Waals surface area contributed by atoms with Crippen LogP contribution in [0.1, 0.15) is 23.6 Å². The number of para-hydroxylation sites is 1. The molecule has 104 valence electrons. The molecule has 0 fully saturated rings. The zero-order valence-electron chi connectivity index (χ0n) is 12.0. The van der Waals surface area contributed by atoms with Crippen molar-refractivity contribution in [3.05, 3.63) is 47.8 Å². The number of aryl methyl sites for hydroxylation is 1. The summed E-state index contributed by atoms with van der Waals surface area (Å²) in [5.41, 5.74) is 4.70. The fourth-order valence-electron chi connectivity index (χ4n) is 2.90. The van der Waals surface area contributed by atoms with E-state index in [1.54, 1.807) is 0 Å². The normalized spacial score (nSPS) is 17.4. The number of hydrogen-bond donors (Lipinski definition) is 1. The Kier molecular flexibility index (Phi) is 3.70. The van der Waals surface area contributed by atoms with Crippen LogP contribution in [-0.2, 0) is 0 Å². The van der Waals surface area contributed by atoms with Gasteiger partial charge in [0.25, 0.3) is 0 Å². The van der Waals surface area contributed by atoms with E-state index in [-0.39, 0.29) is 0 Å². The molecule has 1 aliphatic rings. The average Bonchev–Trinajstić information content (AvgIpc) is 2.47. The van der Waals surface area contributed by atoms with E-state index in [0.29, 0.717) is 5.92 Å². The summed E-state index contributed by atoms with van der Waals surface area (Å²) in [6, 6.07) is 10.6. The van der Waals surface area contributed by atoms with Crippen LogP contribution in [0.2, 0.25) is 0 Å². The minimum atomic E-state index is 0.534. The van der Waals surface area contributed by atoms with E-state index in [9.17, 15) is 0 Å². The fourth-order valence-corrected chi connectivity index (χ4v) is 2.90. The minimum absolute atomic E-state index is 0.534. The standard InChI is InChI=1S/C17H20N2O/c1-12-10-13(6-8-19-12)15-4-3-5-16-14(11-18-2)7-9-20-17(15)16/h3-6,8,10,14,18H,7,9,11H2,1-2H3/t14-/m0/s1. The lowest BCUT2D eigenvalue weighted by Crippen LogP contribution is -2.23. The molecule has 0 radical (unpaired) electrons. The Hall–Kier alpha value is -1.87. The monoisotopic (exact) mass is 268 g/mol. The largest absolute Gasteiger partial charge is 0.493 e. The van der Waals surface area contributed by atoms with Gasteiger partial charge >= 0.3 is 0 Å². The number of hydrogen-bond acceptors (Lipinski definition) is 3. The van der Waals surface area contributed by atoms with Crippen LogP contribution in [0.3, 0.4) is 0 Å². The highest BCUT2D eigenvalue weighted by molar-refractivity contribution is 5.73. The van der Waals surface area contributed by atoms with Gasteiger partial charge in [-0.25, -0.2) is 0 Å². The lowest BCUT2D eigenvalue weighted by atomic mass is 9.89. The van der Waals surface area contributed by atoms with Gasteiger partial charge in [-0.1, -0.05) is 18.2 Å². The maximum Gasteiger partial charge on any atom is 0.130 e. The quantitative estimate of drug-likeness (QED) is 0.928. The molecule has 0 saturated carbocycles. The number of likely N-dealkylation sites (N-methyl/N-ethyl adjacent to an activating group) is 1. The van der Waals surface area contributed by atoms with Crippen molar-refractivity contribution >= 4 is 0 Å². The van der Waals surface area contributed by atoms with Crippen molar-refractivity contribution in [3.8, 4) is 16.9 Å². The van der Waals surface area contributed by atoms with Gasteiger partial charge in [0, 0.05) is 29.9 Å².